The first-order valence-electron chi connectivity index (χ1n) is 11.1. The number of phenolic OH excluding ortho intramolecular Hbond substituents is 8. The highest BCUT2D eigenvalue weighted by Gasteiger charge is 2.28. The molecule has 0 saturated heterocycles. The van der Waals surface area contributed by atoms with Gasteiger partial charge in [0.15, 0.2) is 34.5 Å². The van der Waals surface area contributed by atoms with Crippen LogP contribution in [-0.4, -0.2) is 64.0 Å². The predicted octanol–water partition coefficient (Wildman–Crippen LogP) is 3.13. The quantitative estimate of drug-likeness (QED) is 0.0949. The van der Waals surface area contributed by atoms with Crippen molar-refractivity contribution in [3.05, 3.63) is 82.9 Å². The van der Waals surface area contributed by atoms with Crippen LogP contribution in [0.1, 0.15) is 41.4 Å². The average molecular weight is 546 g/mol. The second-order valence-corrected chi connectivity index (χ2v) is 8.50. The third-order valence-electron chi connectivity index (χ3n) is 5.86. The van der Waals surface area contributed by atoms with Gasteiger partial charge in [0.25, 0.3) is 0 Å². The van der Waals surface area contributed by atoms with Crippen LogP contribution in [0, 0.1) is 0 Å². The van der Waals surface area contributed by atoms with Crippen LogP contribution in [0.4, 0.5) is 0 Å². The number of Topliss-reactive ketones (excluding diaryl/α,β-unsaturated/α-hetero) is 4. The van der Waals surface area contributed by atoms with E-state index in [0.29, 0.717) is 0 Å². The molecule has 0 bridgehead atoms. The zero-order valence-electron chi connectivity index (χ0n) is 20.0. The van der Waals surface area contributed by atoms with Gasteiger partial charge in [0.05, 0.1) is 0 Å². The highest BCUT2D eigenvalue weighted by atomic mass is 16.3. The number of hydrogen-bond acceptors (Lipinski definition) is 12. The molecule has 0 heterocycles. The van der Waals surface area contributed by atoms with Gasteiger partial charge in [-0.2, -0.15) is 0 Å². The molecule has 40 heavy (non-hydrogen) atoms. The van der Waals surface area contributed by atoms with E-state index < -0.39 is 91.4 Å². The molecule has 4 aromatic carbocycles. The molecule has 0 spiro atoms. The van der Waals surface area contributed by atoms with E-state index in [2.05, 4.69) is 0 Å². The molecule has 4 rings (SSSR count). The smallest absolute Gasteiger partial charge is 0.234 e. The molecule has 0 aliphatic heterocycles. The van der Waals surface area contributed by atoms with Gasteiger partial charge in [-0.1, -0.05) is 0 Å². The first-order chi connectivity index (χ1) is 18.8. The van der Waals surface area contributed by atoms with Crippen LogP contribution in [0.2, 0.25) is 0 Å². The second-order valence-electron chi connectivity index (χ2n) is 8.50. The lowest BCUT2D eigenvalue weighted by molar-refractivity contribution is 0.0815. The van der Waals surface area contributed by atoms with Gasteiger partial charge >= 0.3 is 0 Å². The van der Waals surface area contributed by atoms with Crippen molar-refractivity contribution >= 4 is 23.1 Å². The first-order valence-corrected chi connectivity index (χ1v) is 11.1. The summed E-state index contributed by atoms with van der Waals surface area (Å²) in [5.41, 5.74) is -2.39. The Morgan fingerprint density at radius 3 is 1.00 bits per heavy atom. The molecule has 202 valence electrons. The molecule has 0 unspecified atom stereocenters. The highest BCUT2D eigenvalue weighted by molar-refractivity contribution is 6.52. The molecule has 0 radical (unpaired) electrons. The van der Waals surface area contributed by atoms with Crippen LogP contribution < -0.4 is 0 Å². The van der Waals surface area contributed by atoms with Gasteiger partial charge < -0.3 is 40.9 Å². The molecule has 8 N–H and O–H groups in total. The van der Waals surface area contributed by atoms with Gasteiger partial charge in [0.1, 0.15) is 11.5 Å². The minimum Gasteiger partial charge on any atom is -0.508 e. The fraction of sp³-hybridized carbons (Fsp3) is 0. The zero-order valence-corrected chi connectivity index (χ0v) is 20.0. The standard InChI is InChI=1S/C28H18O12/c29-13-1-3-15(25(37)23(35)11-5-19(31)27(39)20(32)6-11)17(9-13)18-10-14(30)2-4-16(18)26(38)24(36)12-7-21(33)28(40)22(34)8-12/h1-10,29-34,39-40H. The topological polar surface area (TPSA) is 230 Å². The number of carbonyl (C=O) groups excluding carboxylic acids is 4. The largest absolute Gasteiger partial charge is 0.508 e. The number of aromatic hydroxyl groups is 8. The molecule has 0 aliphatic rings. The van der Waals surface area contributed by atoms with Gasteiger partial charge in [-0.25, -0.2) is 0 Å². The van der Waals surface area contributed by atoms with Gasteiger partial charge in [-0.3, -0.25) is 19.2 Å². The van der Waals surface area contributed by atoms with E-state index in [1.54, 1.807) is 0 Å². The lowest BCUT2D eigenvalue weighted by atomic mass is 9.88. The first kappa shape index (κ1) is 27.0. The fourth-order valence-corrected chi connectivity index (χ4v) is 3.88. The van der Waals surface area contributed by atoms with Crippen LogP contribution in [0.15, 0.2) is 60.7 Å². The van der Waals surface area contributed by atoms with Crippen molar-refractivity contribution in [2.24, 2.45) is 0 Å². The molecule has 4 aromatic rings. The van der Waals surface area contributed by atoms with Crippen molar-refractivity contribution in [2.75, 3.05) is 0 Å². The molecule has 12 heteroatoms. The van der Waals surface area contributed by atoms with Gasteiger partial charge in [0.2, 0.25) is 23.1 Å². The van der Waals surface area contributed by atoms with Crippen LogP contribution in [-0.2, 0) is 0 Å². The van der Waals surface area contributed by atoms with Crippen LogP contribution >= 0.6 is 0 Å². The van der Waals surface area contributed by atoms with Crippen LogP contribution in [0.25, 0.3) is 11.1 Å². The summed E-state index contributed by atoms with van der Waals surface area (Å²) in [6.07, 6.45) is 0. The van der Waals surface area contributed by atoms with E-state index in [1.165, 1.54) is 0 Å². The maximum Gasteiger partial charge on any atom is 0.234 e. The number of carbonyl (C=O) groups is 4. The number of rotatable bonds is 7. The number of phenols is 8. The number of benzene rings is 4. The molecule has 0 fully saturated rings. The molecule has 12 nitrogen and oxygen atoms in total. The maximum absolute atomic E-state index is 13.2. The van der Waals surface area contributed by atoms with Crippen molar-refractivity contribution in [1.82, 2.24) is 0 Å². The molecule has 0 saturated carbocycles. The van der Waals surface area contributed by atoms with E-state index in [0.717, 1.165) is 60.7 Å². The minimum atomic E-state index is -1.27. The third-order valence-corrected chi connectivity index (χ3v) is 5.86. The number of hydrogen-bond donors (Lipinski definition) is 8. The van der Waals surface area contributed by atoms with Crippen molar-refractivity contribution in [1.29, 1.82) is 0 Å². The van der Waals surface area contributed by atoms with Crippen LogP contribution in [0.3, 0.4) is 0 Å². The highest BCUT2D eigenvalue weighted by Crippen LogP contribution is 2.39. The van der Waals surface area contributed by atoms with Crippen molar-refractivity contribution < 1.29 is 60.0 Å². The molecule has 0 amide bonds. The Morgan fingerprint density at radius 1 is 0.400 bits per heavy atom. The Labute approximate surface area is 223 Å². The maximum atomic E-state index is 13.2. The van der Waals surface area contributed by atoms with Crippen molar-refractivity contribution in [3.8, 4) is 57.1 Å². The summed E-state index contributed by atoms with van der Waals surface area (Å²) in [5.74, 6) is -11.3. The summed E-state index contributed by atoms with van der Waals surface area (Å²) in [5, 5.41) is 78.2. The normalized spacial score (nSPS) is 10.7. The average Bonchev–Trinajstić information content (AvgIpc) is 2.92. The third kappa shape index (κ3) is 4.79. The second kappa shape index (κ2) is 10.0. The van der Waals surface area contributed by atoms with Gasteiger partial charge in [-0.15, -0.1) is 0 Å². The van der Waals surface area contributed by atoms with Crippen molar-refractivity contribution in [3.63, 3.8) is 0 Å². The Kier molecular flexibility index (Phi) is 6.77. The van der Waals surface area contributed by atoms with E-state index in [4.69, 9.17) is 0 Å². The summed E-state index contributed by atoms with van der Waals surface area (Å²) in [4.78, 5) is 52.4. The lowest BCUT2D eigenvalue weighted by Crippen LogP contribution is -2.18. The molecular weight excluding hydrogens is 528 g/mol. The summed E-state index contributed by atoms with van der Waals surface area (Å²) in [7, 11) is 0. The van der Waals surface area contributed by atoms with Crippen LogP contribution in [0.5, 0.6) is 46.0 Å². The molecule has 0 aliphatic carbocycles. The molecular formula is C28H18O12. The Balaban J connectivity index is 1.84. The number of ketones is 4. The minimum absolute atomic E-state index is 0.269. The van der Waals surface area contributed by atoms with Crippen molar-refractivity contribution in [2.45, 2.75) is 0 Å². The van der Waals surface area contributed by atoms with E-state index in [9.17, 15) is 60.0 Å². The SMILES string of the molecule is O=C(C(=O)c1ccc(O)cc1-c1cc(O)ccc1C(=O)C(=O)c1cc(O)c(O)c(O)c1)c1cc(O)c(O)c(O)c1. The van der Waals surface area contributed by atoms with Gasteiger partial charge in [-0.05, 0) is 71.8 Å². The van der Waals surface area contributed by atoms with E-state index in [1.807, 2.05) is 0 Å². The van der Waals surface area contributed by atoms with E-state index >= 15 is 0 Å². The molecule has 0 aromatic heterocycles. The van der Waals surface area contributed by atoms with E-state index in [-0.39, 0.29) is 11.1 Å². The zero-order chi connectivity index (χ0) is 29.5. The summed E-state index contributed by atoms with van der Waals surface area (Å²) in [6.45, 7) is 0. The Bertz CT molecular complexity index is 1580. The summed E-state index contributed by atoms with van der Waals surface area (Å²) < 4.78 is 0. The monoisotopic (exact) mass is 546 g/mol. The summed E-state index contributed by atoms with van der Waals surface area (Å²) >= 11 is 0. The predicted molar refractivity (Wildman–Crippen MR) is 135 cm³/mol. The van der Waals surface area contributed by atoms with Gasteiger partial charge in [0, 0.05) is 22.3 Å². The summed E-state index contributed by atoms with van der Waals surface area (Å²) in [6, 6.07) is 9.07. The molecule has 0 atom stereocenters. The lowest BCUT2D eigenvalue weighted by Gasteiger charge is -2.14. The fourth-order valence-electron chi connectivity index (χ4n) is 3.88. The Hall–Kier alpha value is -6.04. The Morgan fingerprint density at radius 2 is 0.700 bits per heavy atom.